The molecule has 45 heavy (non-hydrogen) atoms. The Morgan fingerprint density at radius 1 is 0.556 bits per heavy atom. The maximum absolute atomic E-state index is 6.72. The smallest absolute Gasteiger partial charge is 0.494 e. The zero-order valence-electron chi connectivity index (χ0n) is 28.5. The second kappa shape index (κ2) is 12.2. The highest BCUT2D eigenvalue weighted by molar-refractivity contribution is 6.62. The Labute approximate surface area is 268 Å². The Kier molecular flexibility index (Phi) is 9.01. The summed E-state index contributed by atoms with van der Waals surface area (Å²) in [6.07, 6.45) is 0.0907. The van der Waals surface area contributed by atoms with E-state index in [2.05, 4.69) is 52.0 Å². The van der Waals surface area contributed by atoms with Gasteiger partial charge in [-0.15, -0.1) is 0 Å². The normalized spacial score (nSPS) is 20.2. The van der Waals surface area contributed by atoms with E-state index in [-0.39, 0.29) is 0 Å². The molecular weight excluding hydrogens is 570 g/mol. The molecule has 2 saturated heterocycles. The molecule has 2 aliphatic heterocycles. The number of ether oxygens (including phenoxy) is 4. The van der Waals surface area contributed by atoms with Gasteiger partial charge in [0.25, 0.3) is 0 Å². The van der Waals surface area contributed by atoms with Crippen molar-refractivity contribution in [2.45, 2.75) is 90.3 Å². The molecule has 2 fully saturated rings. The van der Waals surface area contributed by atoms with Crippen molar-refractivity contribution in [3.63, 3.8) is 0 Å². The van der Waals surface area contributed by atoms with E-state index in [4.69, 9.17) is 37.6 Å². The molecule has 2 heterocycles. The van der Waals surface area contributed by atoms with Crippen LogP contribution in [-0.2, 0) is 25.0 Å². The molecule has 10 heteroatoms. The van der Waals surface area contributed by atoms with Gasteiger partial charge in [0.15, 0.2) is 0 Å². The van der Waals surface area contributed by atoms with Crippen molar-refractivity contribution in [2.75, 3.05) is 21.3 Å². The van der Waals surface area contributed by atoms with E-state index in [0.717, 1.165) is 22.1 Å². The molecule has 0 spiro atoms. The van der Waals surface area contributed by atoms with Crippen molar-refractivity contribution in [3.8, 4) is 23.0 Å². The first kappa shape index (κ1) is 33.2. The lowest BCUT2D eigenvalue weighted by molar-refractivity contribution is 0.00578. The van der Waals surface area contributed by atoms with Crippen LogP contribution < -0.4 is 29.9 Å². The highest BCUT2D eigenvalue weighted by Gasteiger charge is 2.52. The number of hydrogen-bond donors (Lipinski definition) is 0. The predicted molar refractivity (Wildman–Crippen MR) is 177 cm³/mol. The van der Waals surface area contributed by atoms with Crippen LogP contribution in [0.15, 0.2) is 60.7 Å². The average molecular weight is 616 g/mol. The van der Waals surface area contributed by atoms with Crippen LogP contribution in [0.3, 0.4) is 0 Å². The molecule has 2 aliphatic rings. The molecule has 1 unspecified atom stereocenters. The summed E-state index contributed by atoms with van der Waals surface area (Å²) in [5.41, 5.74) is 2.08. The van der Waals surface area contributed by atoms with E-state index < -0.39 is 42.7 Å². The molecule has 8 nitrogen and oxygen atoms in total. The minimum Gasteiger partial charge on any atom is -0.496 e. The van der Waals surface area contributed by atoms with Gasteiger partial charge in [0.2, 0.25) is 0 Å². The molecule has 0 saturated carbocycles. The van der Waals surface area contributed by atoms with Gasteiger partial charge in [0, 0.05) is 18.6 Å². The second-order valence-corrected chi connectivity index (χ2v) is 13.7. The zero-order chi connectivity index (χ0) is 32.8. The van der Waals surface area contributed by atoms with Crippen molar-refractivity contribution < 1.29 is 37.6 Å². The van der Waals surface area contributed by atoms with Crippen molar-refractivity contribution in [2.24, 2.45) is 0 Å². The van der Waals surface area contributed by atoms with Crippen molar-refractivity contribution in [1.29, 1.82) is 0 Å². The van der Waals surface area contributed by atoms with Gasteiger partial charge in [0.05, 0.1) is 49.3 Å². The molecule has 0 N–H and O–H groups in total. The fourth-order valence-corrected chi connectivity index (χ4v) is 5.40. The third-order valence-electron chi connectivity index (χ3n) is 9.69. The van der Waals surface area contributed by atoms with Crippen LogP contribution in [0.4, 0.5) is 0 Å². The van der Waals surface area contributed by atoms with Crippen LogP contribution in [0.25, 0.3) is 0 Å². The molecule has 0 amide bonds. The summed E-state index contributed by atoms with van der Waals surface area (Å²) in [5, 5.41) is 0. The fourth-order valence-electron chi connectivity index (χ4n) is 5.40. The highest BCUT2D eigenvalue weighted by atomic mass is 16.7. The van der Waals surface area contributed by atoms with Gasteiger partial charge < -0.3 is 37.6 Å². The summed E-state index contributed by atoms with van der Waals surface area (Å²) in [5.74, 6) is 2.54. The SMILES string of the molecule is COc1cc(OC)c(C(Cc2ccc(B3OC(C)(C)C(C)(C)O3)cc2)Oc2ccc(B3OC(C)(C)C(C)(C)O3)cc2)c(OC)c1. The Morgan fingerprint density at radius 2 is 0.956 bits per heavy atom. The Morgan fingerprint density at radius 3 is 1.33 bits per heavy atom. The van der Waals surface area contributed by atoms with Gasteiger partial charge in [-0.05, 0) is 84.0 Å². The maximum atomic E-state index is 6.72. The Hall–Kier alpha value is -3.17. The summed E-state index contributed by atoms with van der Waals surface area (Å²) in [4.78, 5) is 0. The van der Waals surface area contributed by atoms with Crippen LogP contribution in [0.2, 0.25) is 0 Å². The summed E-state index contributed by atoms with van der Waals surface area (Å²) in [6.45, 7) is 16.4. The van der Waals surface area contributed by atoms with E-state index in [0.29, 0.717) is 29.4 Å². The van der Waals surface area contributed by atoms with E-state index >= 15 is 0 Å². The minimum atomic E-state index is -0.455. The van der Waals surface area contributed by atoms with Crippen molar-refractivity contribution >= 4 is 25.2 Å². The lowest BCUT2D eigenvalue weighted by atomic mass is 9.78. The first-order valence-electron chi connectivity index (χ1n) is 15.5. The first-order valence-corrected chi connectivity index (χ1v) is 15.5. The van der Waals surface area contributed by atoms with Crippen LogP contribution in [0, 0.1) is 0 Å². The molecule has 0 bridgehead atoms. The summed E-state index contributed by atoms with van der Waals surface area (Å²) in [7, 11) is 4.00. The lowest BCUT2D eigenvalue weighted by Gasteiger charge is -2.32. The molecule has 5 rings (SSSR count). The fraction of sp³-hybridized carbons (Fsp3) is 0.486. The summed E-state index contributed by atoms with van der Waals surface area (Å²) < 4.78 is 48.9. The van der Waals surface area contributed by atoms with E-state index in [1.807, 2.05) is 64.1 Å². The molecule has 0 aliphatic carbocycles. The van der Waals surface area contributed by atoms with Gasteiger partial charge in [-0.25, -0.2) is 0 Å². The van der Waals surface area contributed by atoms with E-state index in [9.17, 15) is 0 Å². The summed E-state index contributed by atoms with van der Waals surface area (Å²) >= 11 is 0. The number of rotatable bonds is 10. The van der Waals surface area contributed by atoms with Crippen LogP contribution in [-0.4, -0.2) is 58.0 Å². The molecular formula is C35H46B2O8. The minimum absolute atomic E-state index is 0.408. The Bertz CT molecular complexity index is 1350. The number of hydrogen-bond acceptors (Lipinski definition) is 8. The molecule has 3 aromatic rings. The molecule has 1 atom stereocenters. The molecule has 0 radical (unpaired) electrons. The van der Waals surface area contributed by atoms with Gasteiger partial charge in [-0.2, -0.15) is 0 Å². The number of benzene rings is 3. The van der Waals surface area contributed by atoms with Gasteiger partial charge in [0.1, 0.15) is 29.1 Å². The van der Waals surface area contributed by atoms with Crippen LogP contribution in [0.1, 0.15) is 72.6 Å². The second-order valence-electron chi connectivity index (χ2n) is 13.7. The molecule has 3 aromatic carbocycles. The van der Waals surface area contributed by atoms with Gasteiger partial charge >= 0.3 is 14.2 Å². The Balaban J connectivity index is 1.43. The third kappa shape index (κ3) is 6.57. The van der Waals surface area contributed by atoms with Crippen molar-refractivity contribution in [1.82, 2.24) is 0 Å². The summed E-state index contributed by atoms with van der Waals surface area (Å²) in [6, 6.07) is 19.8. The third-order valence-corrected chi connectivity index (χ3v) is 9.69. The first-order chi connectivity index (χ1) is 21.1. The predicted octanol–water partition coefficient (Wildman–Crippen LogP) is 5.67. The topological polar surface area (TPSA) is 73.8 Å². The van der Waals surface area contributed by atoms with Crippen LogP contribution >= 0.6 is 0 Å². The molecule has 240 valence electrons. The number of methoxy groups -OCH3 is 3. The highest BCUT2D eigenvalue weighted by Crippen LogP contribution is 2.42. The van der Waals surface area contributed by atoms with E-state index in [1.165, 1.54) is 0 Å². The quantitative estimate of drug-likeness (QED) is 0.270. The maximum Gasteiger partial charge on any atom is 0.494 e. The standard InChI is InChI=1S/C35H46B2O8/c1-32(2)33(3,4)43-36(42-32)24-14-12-23(13-15-24)20-30(31-28(39-10)21-27(38-9)22-29(31)40-11)41-26-18-16-25(17-19-26)37-44-34(5,6)35(7,8)45-37/h12-19,21-22,30H,20H2,1-11H3. The zero-order valence-corrected chi connectivity index (χ0v) is 28.5. The monoisotopic (exact) mass is 616 g/mol. The lowest BCUT2D eigenvalue weighted by Crippen LogP contribution is -2.41. The molecule has 0 aromatic heterocycles. The van der Waals surface area contributed by atoms with Gasteiger partial charge in [-0.1, -0.05) is 36.4 Å². The largest absolute Gasteiger partial charge is 0.496 e. The van der Waals surface area contributed by atoms with Gasteiger partial charge in [-0.3, -0.25) is 0 Å². The van der Waals surface area contributed by atoms with Crippen molar-refractivity contribution in [3.05, 3.63) is 71.8 Å². The average Bonchev–Trinajstić information content (AvgIpc) is 3.35. The van der Waals surface area contributed by atoms with Crippen LogP contribution in [0.5, 0.6) is 23.0 Å². The van der Waals surface area contributed by atoms with E-state index in [1.54, 1.807) is 21.3 Å².